The van der Waals surface area contributed by atoms with Crippen LogP contribution in [0.5, 0.6) is 0 Å². The summed E-state index contributed by atoms with van der Waals surface area (Å²) in [4.78, 5) is 18.8. The number of hydrogen-bond acceptors (Lipinski definition) is 4. The highest BCUT2D eigenvalue weighted by Gasteiger charge is 2.17. The number of hydrogen-bond donors (Lipinski definition) is 3. The Balaban J connectivity index is 1.88. The fourth-order valence-electron chi connectivity index (χ4n) is 2.22. The third-order valence-electron chi connectivity index (χ3n) is 3.32. The predicted molar refractivity (Wildman–Crippen MR) is 76.8 cm³/mol. The smallest absolute Gasteiger partial charge is 0.275 e. The fourth-order valence-corrected chi connectivity index (χ4v) is 2.22. The molecule has 3 aromatic rings. The van der Waals surface area contributed by atoms with Gasteiger partial charge < -0.3 is 4.98 Å². The number of H-pyrrole nitrogens is 2. The van der Waals surface area contributed by atoms with Gasteiger partial charge in [-0.1, -0.05) is 0 Å². The van der Waals surface area contributed by atoms with Crippen LogP contribution in [0.4, 0.5) is 5.95 Å². The van der Waals surface area contributed by atoms with Crippen LogP contribution in [0.3, 0.4) is 0 Å². The first-order valence-corrected chi connectivity index (χ1v) is 6.43. The predicted octanol–water partition coefficient (Wildman–Crippen LogP) is 1.40. The molecule has 3 rings (SSSR count). The highest BCUT2D eigenvalue weighted by atomic mass is 16.2. The Morgan fingerprint density at radius 1 is 1.38 bits per heavy atom. The molecule has 108 valence electrons. The molecule has 3 heterocycles. The van der Waals surface area contributed by atoms with Crippen molar-refractivity contribution in [2.45, 2.75) is 13.8 Å². The van der Waals surface area contributed by atoms with Crippen molar-refractivity contribution in [3.63, 3.8) is 0 Å². The van der Waals surface area contributed by atoms with E-state index in [1.165, 1.54) is 0 Å². The van der Waals surface area contributed by atoms with E-state index in [2.05, 4.69) is 30.6 Å². The van der Waals surface area contributed by atoms with E-state index in [1.54, 1.807) is 23.1 Å². The lowest BCUT2D eigenvalue weighted by molar-refractivity contribution is 0.102. The first kappa shape index (κ1) is 13.1. The molecule has 0 radical (unpaired) electrons. The number of carbonyl (C=O) groups is 1. The minimum atomic E-state index is -0.303. The molecule has 0 aromatic carbocycles. The molecule has 0 saturated carbocycles. The van der Waals surface area contributed by atoms with Crippen molar-refractivity contribution < 1.29 is 4.79 Å². The molecule has 21 heavy (non-hydrogen) atoms. The van der Waals surface area contributed by atoms with Gasteiger partial charge in [-0.05, 0) is 19.9 Å². The lowest BCUT2D eigenvalue weighted by atomic mass is 10.1. The van der Waals surface area contributed by atoms with Gasteiger partial charge in [-0.2, -0.15) is 10.2 Å². The molecule has 0 saturated heterocycles. The molecule has 0 fully saturated rings. The number of nitrogens with one attached hydrogen (secondary N) is 3. The van der Waals surface area contributed by atoms with Gasteiger partial charge in [-0.15, -0.1) is 0 Å². The van der Waals surface area contributed by atoms with Gasteiger partial charge in [0.15, 0.2) is 0 Å². The van der Waals surface area contributed by atoms with E-state index in [0.717, 1.165) is 17.0 Å². The molecule has 1 amide bonds. The highest BCUT2D eigenvalue weighted by Crippen LogP contribution is 2.25. The van der Waals surface area contributed by atoms with Gasteiger partial charge in [0, 0.05) is 30.7 Å². The van der Waals surface area contributed by atoms with Gasteiger partial charge in [0.1, 0.15) is 5.69 Å². The molecule has 0 bridgehead atoms. The molecule has 0 aliphatic rings. The number of aryl methyl sites for hydroxylation is 2. The van der Waals surface area contributed by atoms with Crippen LogP contribution < -0.4 is 5.32 Å². The zero-order valence-electron chi connectivity index (χ0n) is 11.9. The second kappa shape index (κ2) is 4.89. The van der Waals surface area contributed by atoms with Crippen LogP contribution >= 0.6 is 0 Å². The van der Waals surface area contributed by atoms with Crippen molar-refractivity contribution in [2.75, 3.05) is 5.32 Å². The van der Waals surface area contributed by atoms with Gasteiger partial charge in [0.2, 0.25) is 5.95 Å². The number of rotatable bonds is 3. The van der Waals surface area contributed by atoms with Crippen LogP contribution in [0.25, 0.3) is 11.3 Å². The molecule has 0 aliphatic carbocycles. The summed E-state index contributed by atoms with van der Waals surface area (Å²) in [5, 5.41) is 13.9. The number of carbonyl (C=O) groups excluding carboxylic acids is 1. The van der Waals surface area contributed by atoms with Crippen molar-refractivity contribution in [1.82, 2.24) is 29.9 Å². The molecule has 0 spiro atoms. The van der Waals surface area contributed by atoms with Crippen molar-refractivity contribution in [1.29, 1.82) is 0 Å². The van der Waals surface area contributed by atoms with Gasteiger partial charge >= 0.3 is 0 Å². The van der Waals surface area contributed by atoms with Gasteiger partial charge in [-0.25, -0.2) is 4.98 Å². The topological polar surface area (TPSA) is 104 Å². The molecule has 3 aromatic heterocycles. The van der Waals surface area contributed by atoms with E-state index < -0.39 is 0 Å². The van der Waals surface area contributed by atoms with Crippen LogP contribution in [0.15, 0.2) is 18.5 Å². The Bertz CT molecular complexity index is 782. The Morgan fingerprint density at radius 3 is 2.81 bits per heavy atom. The third kappa shape index (κ3) is 2.31. The summed E-state index contributed by atoms with van der Waals surface area (Å²) in [6.07, 6.45) is 3.20. The number of amides is 1. The van der Waals surface area contributed by atoms with E-state index in [1.807, 2.05) is 20.9 Å². The second-order valence-corrected chi connectivity index (χ2v) is 4.73. The van der Waals surface area contributed by atoms with Crippen LogP contribution in [0.1, 0.15) is 21.9 Å². The van der Waals surface area contributed by atoms with E-state index in [0.29, 0.717) is 17.3 Å². The Kier molecular flexibility index (Phi) is 3.05. The molecule has 8 nitrogen and oxygen atoms in total. The first-order chi connectivity index (χ1) is 10.1. The number of aromatic amines is 2. The van der Waals surface area contributed by atoms with Gasteiger partial charge in [-0.3, -0.25) is 19.9 Å². The van der Waals surface area contributed by atoms with E-state index in [9.17, 15) is 4.79 Å². The Morgan fingerprint density at radius 2 is 2.19 bits per heavy atom. The largest absolute Gasteiger partial charge is 0.331 e. The van der Waals surface area contributed by atoms with Crippen molar-refractivity contribution in [3.8, 4) is 11.3 Å². The van der Waals surface area contributed by atoms with Crippen molar-refractivity contribution >= 4 is 11.9 Å². The second-order valence-electron chi connectivity index (χ2n) is 4.73. The minimum absolute atomic E-state index is 0.303. The number of anilines is 1. The highest BCUT2D eigenvalue weighted by molar-refractivity contribution is 6.02. The summed E-state index contributed by atoms with van der Waals surface area (Å²) in [5.74, 6) is 0.0905. The maximum atomic E-state index is 12.1. The summed E-state index contributed by atoms with van der Waals surface area (Å²) in [7, 11) is 1.88. The van der Waals surface area contributed by atoms with Crippen LogP contribution in [-0.2, 0) is 7.05 Å². The average molecular weight is 285 g/mol. The van der Waals surface area contributed by atoms with E-state index in [-0.39, 0.29) is 5.91 Å². The quantitative estimate of drug-likeness (QED) is 0.676. The normalized spacial score (nSPS) is 10.8. The van der Waals surface area contributed by atoms with E-state index >= 15 is 0 Å². The fraction of sp³-hybridized carbons (Fsp3) is 0.231. The number of nitrogens with zero attached hydrogens (tertiary/aromatic N) is 4. The number of imidazole rings is 1. The zero-order chi connectivity index (χ0) is 15.0. The lowest BCUT2D eigenvalue weighted by Gasteiger charge is -1.98. The van der Waals surface area contributed by atoms with E-state index in [4.69, 9.17) is 0 Å². The Hall–Kier alpha value is -2.90. The van der Waals surface area contributed by atoms with Crippen molar-refractivity contribution in [2.24, 2.45) is 7.05 Å². The summed E-state index contributed by atoms with van der Waals surface area (Å²) >= 11 is 0. The number of aromatic nitrogens is 6. The van der Waals surface area contributed by atoms with Gasteiger partial charge in [0.25, 0.3) is 5.91 Å². The first-order valence-electron chi connectivity index (χ1n) is 6.43. The zero-order valence-corrected chi connectivity index (χ0v) is 11.9. The SMILES string of the molecule is Cc1nn(C)c(C)c1-c1cc(C(=O)Nc2ncc[nH]2)[nH]n1. The summed E-state index contributed by atoms with van der Waals surface area (Å²) < 4.78 is 1.79. The molecule has 8 heteroatoms. The molecular formula is C13H15N7O. The van der Waals surface area contributed by atoms with Gasteiger partial charge in [0.05, 0.1) is 11.4 Å². The van der Waals surface area contributed by atoms with Crippen LogP contribution in [-0.4, -0.2) is 35.9 Å². The van der Waals surface area contributed by atoms with Crippen LogP contribution in [0, 0.1) is 13.8 Å². The van der Waals surface area contributed by atoms with Crippen LogP contribution in [0.2, 0.25) is 0 Å². The molecule has 0 atom stereocenters. The average Bonchev–Trinajstić information content (AvgIpc) is 3.13. The molecular weight excluding hydrogens is 270 g/mol. The standard InChI is InChI=1S/C13H15N7O/c1-7-11(8(2)20(3)19-7)9-6-10(18-17-9)12(21)16-13-14-4-5-15-13/h4-6H,1-3H3,(H,17,18)(H2,14,15,16,21). The molecule has 0 unspecified atom stereocenters. The third-order valence-corrected chi connectivity index (χ3v) is 3.32. The van der Waals surface area contributed by atoms with Crippen molar-refractivity contribution in [3.05, 3.63) is 35.5 Å². The maximum Gasteiger partial charge on any atom is 0.275 e. The lowest BCUT2D eigenvalue weighted by Crippen LogP contribution is -2.13. The maximum absolute atomic E-state index is 12.1. The summed E-state index contributed by atoms with van der Waals surface area (Å²) in [6.45, 7) is 3.88. The summed E-state index contributed by atoms with van der Waals surface area (Å²) in [6, 6.07) is 1.70. The molecule has 0 aliphatic heterocycles. The summed E-state index contributed by atoms with van der Waals surface area (Å²) in [5.41, 5.74) is 3.87. The minimum Gasteiger partial charge on any atom is -0.331 e. The monoisotopic (exact) mass is 285 g/mol. The molecule has 3 N–H and O–H groups in total. The Labute approximate surface area is 120 Å².